The van der Waals surface area contributed by atoms with Crippen LogP contribution in [0.15, 0.2) is 6.07 Å². The van der Waals surface area contributed by atoms with Crippen LogP contribution in [0, 0.1) is 5.92 Å². The predicted molar refractivity (Wildman–Crippen MR) is 134 cm³/mol. The van der Waals surface area contributed by atoms with Crippen LogP contribution >= 0.6 is 0 Å². The second kappa shape index (κ2) is 11.6. The molecule has 1 aromatic rings. The monoisotopic (exact) mass is 459 g/mol. The number of methoxy groups -OCH3 is 1. The zero-order valence-corrected chi connectivity index (χ0v) is 21.7. The van der Waals surface area contributed by atoms with Gasteiger partial charge in [-0.25, -0.2) is 9.97 Å². The summed E-state index contributed by atoms with van der Waals surface area (Å²) in [5, 5.41) is 3.09. The van der Waals surface area contributed by atoms with Crippen molar-refractivity contribution in [2.24, 2.45) is 5.92 Å². The summed E-state index contributed by atoms with van der Waals surface area (Å²) in [5.41, 5.74) is 0.984. The summed E-state index contributed by atoms with van der Waals surface area (Å²) < 4.78 is 5.29. The molecule has 0 spiro atoms. The maximum atomic E-state index is 11.3. The van der Waals surface area contributed by atoms with Gasteiger partial charge in [0.25, 0.3) is 0 Å². The number of piperazine rings is 1. The number of nitrogens with one attached hydrogen (secondary N) is 1. The molecule has 0 bridgehead atoms. The largest absolute Gasteiger partial charge is 0.384 e. The second-order valence-corrected chi connectivity index (χ2v) is 11.1. The number of ether oxygens (including phenoxy) is 1. The number of carbonyl (C=O) groups excluding carboxylic acids is 1. The van der Waals surface area contributed by atoms with Gasteiger partial charge in [0.2, 0.25) is 5.91 Å². The van der Waals surface area contributed by atoms with E-state index in [1.54, 1.807) is 14.0 Å². The minimum absolute atomic E-state index is 0.0815. The van der Waals surface area contributed by atoms with E-state index in [-0.39, 0.29) is 11.3 Å². The van der Waals surface area contributed by atoms with Crippen LogP contribution in [0.4, 0.5) is 5.82 Å². The van der Waals surface area contributed by atoms with E-state index in [9.17, 15) is 4.79 Å². The van der Waals surface area contributed by atoms with E-state index in [2.05, 4.69) is 48.9 Å². The quantitative estimate of drug-likeness (QED) is 0.641. The summed E-state index contributed by atoms with van der Waals surface area (Å²) in [6.07, 6.45) is 6.81. The Labute approximate surface area is 200 Å². The number of hydrogen-bond donors (Lipinski definition) is 1. The Morgan fingerprint density at radius 3 is 2.52 bits per heavy atom. The van der Waals surface area contributed by atoms with Gasteiger partial charge in [0.05, 0.1) is 6.61 Å². The zero-order chi connectivity index (χ0) is 24.0. The third-order valence-corrected chi connectivity index (χ3v) is 7.11. The van der Waals surface area contributed by atoms with E-state index in [1.807, 2.05) is 0 Å². The first-order valence-corrected chi connectivity index (χ1v) is 12.8. The van der Waals surface area contributed by atoms with Gasteiger partial charge < -0.3 is 15.0 Å². The normalized spacial score (nSPS) is 24.7. The lowest BCUT2D eigenvalue weighted by molar-refractivity contribution is -0.119. The van der Waals surface area contributed by atoms with E-state index in [4.69, 9.17) is 14.7 Å². The molecule has 1 N–H and O–H groups in total. The van der Waals surface area contributed by atoms with Crippen molar-refractivity contribution in [2.75, 3.05) is 44.8 Å². The number of aromatic nitrogens is 2. The van der Waals surface area contributed by atoms with Crippen molar-refractivity contribution in [1.82, 2.24) is 20.2 Å². The molecule has 1 amide bonds. The molecule has 1 saturated carbocycles. The molecule has 1 atom stereocenters. The molecule has 1 aliphatic heterocycles. The third kappa shape index (κ3) is 7.64. The summed E-state index contributed by atoms with van der Waals surface area (Å²) in [6.45, 7) is 15.5. The maximum Gasteiger partial charge on any atom is 0.217 e. The molecule has 1 saturated heterocycles. The van der Waals surface area contributed by atoms with Crippen LogP contribution in [-0.2, 0) is 21.4 Å². The molecular weight excluding hydrogens is 414 g/mol. The molecule has 1 aliphatic carbocycles. The first-order valence-electron chi connectivity index (χ1n) is 12.8. The molecule has 3 rings (SSSR count). The van der Waals surface area contributed by atoms with Crippen molar-refractivity contribution < 1.29 is 9.53 Å². The van der Waals surface area contributed by atoms with E-state index in [0.717, 1.165) is 62.2 Å². The fourth-order valence-electron chi connectivity index (χ4n) is 5.12. The van der Waals surface area contributed by atoms with E-state index < -0.39 is 0 Å². The lowest BCUT2D eigenvalue weighted by atomic mass is 9.84. The van der Waals surface area contributed by atoms with Crippen LogP contribution < -0.4 is 10.2 Å². The van der Waals surface area contributed by atoms with Gasteiger partial charge in [-0.15, -0.1) is 0 Å². The Kier molecular flexibility index (Phi) is 9.10. The van der Waals surface area contributed by atoms with E-state index in [1.165, 1.54) is 25.8 Å². The highest BCUT2D eigenvalue weighted by Gasteiger charge is 2.28. The van der Waals surface area contributed by atoms with Crippen molar-refractivity contribution in [2.45, 2.75) is 90.6 Å². The Bertz CT molecular complexity index is 770. The lowest BCUT2D eigenvalue weighted by Crippen LogP contribution is -2.52. The molecule has 2 heterocycles. The fraction of sp³-hybridized carbons (Fsp3) is 0.808. The van der Waals surface area contributed by atoms with Crippen LogP contribution in [0.2, 0.25) is 0 Å². The standard InChI is InChI=1S/C26H45N5O2/c1-19-18-30(13-11-21-7-9-22(10-8-21)27-20(2)32)14-15-31(19)24-17-23(12-16-33-6)28-25(29-24)26(3,4)5/h17,19,21-22H,7-16,18H2,1-6H3,(H,27,32)/t19-,21?,22?/m0/s1. The summed E-state index contributed by atoms with van der Waals surface area (Å²) >= 11 is 0. The smallest absolute Gasteiger partial charge is 0.217 e. The predicted octanol–water partition coefficient (Wildman–Crippen LogP) is 3.56. The van der Waals surface area contributed by atoms with Gasteiger partial charge in [0, 0.05) is 69.3 Å². The lowest BCUT2D eigenvalue weighted by Gasteiger charge is -2.41. The highest BCUT2D eigenvalue weighted by molar-refractivity contribution is 5.73. The van der Waals surface area contributed by atoms with Gasteiger partial charge in [-0.1, -0.05) is 20.8 Å². The van der Waals surface area contributed by atoms with Gasteiger partial charge in [-0.2, -0.15) is 0 Å². The van der Waals surface area contributed by atoms with Crippen LogP contribution in [-0.4, -0.2) is 72.8 Å². The van der Waals surface area contributed by atoms with Crippen LogP contribution in [0.1, 0.15) is 78.2 Å². The Morgan fingerprint density at radius 1 is 1.18 bits per heavy atom. The summed E-state index contributed by atoms with van der Waals surface area (Å²) in [7, 11) is 1.74. The van der Waals surface area contributed by atoms with Gasteiger partial charge in [0.15, 0.2) is 0 Å². The first-order chi connectivity index (χ1) is 15.7. The number of amides is 1. The average molecular weight is 460 g/mol. The SMILES string of the molecule is COCCc1cc(N2CCN(CCC3CCC(NC(C)=O)CC3)C[C@@H]2C)nc(C(C)(C)C)n1. The van der Waals surface area contributed by atoms with Crippen molar-refractivity contribution in [1.29, 1.82) is 0 Å². The van der Waals surface area contributed by atoms with Crippen molar-refractivity contribution in [3.05, 3.63) is 17.6 Å². The Morgan fingerprint density at radius 2 is 1.91 bits per heavy atom. The fourth-order valence-corrected chi connectivity index (χ4v) is 5.12. The molecule has 7 nitrogen and oxygen atoms in total. The molecular formula is C26H45N5O2. The average Bonchev–Trinajstić information content (AvgIpc) is 2.76. The summed E-state index contributed by atoms with van der Waals surface area (Å²) in [4.78, 5) is 26.2. The van der Waals surface area contributed by atoms with Crippen LogP contribution in [0.5, 0.6) is 0 Å². The molecule has 2 fully saturated rings. The number of carbonyl (C=O) groups is 1. The first kappa shape index (κ1) is 25.9. The van der Waals surface area contributed by atoms with E-state index >= 15 is 0 Å². The van der Waals surface area contributed by atoms with Crippen molar-refractivity contribution in [3.8, 4) is 0 Å². The van der Waals surface area contributed by atoms with Gasteiger partial charge in [0.1, 0.15) is 11.6 Å². The molecule has 2 aliphatic rings. The molecule has 186 valence electrons. The molecule has 0 unspecified atom stereocenters. The van der Waals surface area contributed by atoms with E-state index in [0.29, 0.717) is 18.7 Å². The number of hydrogen-bond acceptors (Lipinski definition) is 6. The molecule has 7 heteroatoms. The number of nitrogens with zero attached hydrogens (tertiary/aromatic N) is 4. The molecule has 1 aromatic heterocycles. The second-order valence-electron chi connectivity index (χ2n) is 11.1. The Balaban J connectivity index is 1.54. The summed E-state index contributed by atoms with van der Waals surface area (Å²) in [6, 6.07) is 2.97. The van der Waals surface area contributed by atoms with Gasteiger partial charge >= 0.3 is 0 Å². The minimum Gasteiger partial charge on any atom is -0.384 e. The summed E-state index contributed by atoms with van der Waals surface area (Å²) in [5.74, 6) is 2.87. The van der Waals surface area contributed by atoms with Gasteiger partial charge in [-0.05, 0) is 51.5 Å². The van der Waals surface area contributed by atoms with Crippen molar-refractivity contribution >= 4 is 11.7 Å². The zero-order valence-electron chi connectivity index (χ0n) is 21.7. The minimum atomic E-state index is -0.0815. The Hall–Kier alpha value is -1.73. The van der Waals surface area contributed by atoms with Gasteiger partial charge in [-0.3, -0.25) is 9.69 Å². The maximum absolute atomic E-state index is 11.3. The molecule has 0 radical (unpaired) electrons. The highest BCUT2D eigenvalue weighted by Crippen LogP contribution is 2.28. The number of rotatable bonds is 8. The molecule has 0 aromatic carbocycles. The van der Waals surface area contributed by atoms with Crippen molar-refractivity contribution in [3.63, 3.8) is 0 Å². The topological polar surface area (TPSA) is 70.6 Å². The van der Waals surface area contributed by atoms with Crippen LogP contribution in [0.3, 0.4) is 0 Å². The number of anilines is 1. The molecule has 33 heavy (non-hydrogen) atoms. The third-order valence-electron chi connectivity index (χ3n) is 7.11. The van der Waals surface area contributed by atoms with Crippen LogP contribution in [0.25, 0.3) is 0 Å². The highest BCUT2D eigenvalue weighted by atomic mass is 16.5.